The van der Waals surface area contributed by atoms with Gasteiger partial charge in [-0.1, -0.05) is 28.9 Å². The van der Waals surface area contributed by atoms with Crippen LogP contribution in [0.15, 0.2) is 47.6 Å². The molecule has 2 aromatic carbocycles. The van der Waals surface area contributed by atoms with E-state index in [-0.39, 0.29) is 27.8 Å². The van der Waals surface area contributed by atoms with Crippen LogP contribution < -0.4 is 4.74 Å². The molecule has 1 N–H and O–H groups in total. The van der Waals surface area contributed by atoms with E-state index < -0.39 is 30.0 Å². The minimum Gasteiger partial charge on any atom is -0.455 e. The summed E-state index contributed by atoms with van der Waals surface area (Å²) in [6, 6.07) is 8.69. The first-order valence-corrected chi connectivity index (χ1v) is 7.64. The van der Waals surface area contributed by atoms with Gasteiger partial charge < -0.3 is 14.7 Å². The first kappa shape index (κ1) is 20.5. The van der Waals surface area contributed by atoms with Gasteiger partial charge in [0, 0.05) is 10.5 Å². The summed E-state index contributed by atoms with van der Waals surface area (Å²) in [5, 5.41) is 22.2. The highest BCUT2D eigenvalue weighted by Crippen LogP contribution is 2.37. The Balaban J connectivity index is 2.26. The van der Waals surface area contributed by atoms with Crippen molar-refractivity contribution in [3.05, 3.63) is 68.7 Å². The molecule has 2 aromatic rings. The van der Waals surface area contributed by atoms with E-state index in [4.69, 9.17) is 26.3 Å². The minimum absolute atomic E-state index is 0.0550. The minimum atomic E-state index is -4.55. The van der Waals surface area contributed by atoms with E-state index in [9.17, 15) is 23.3 Å². The van der Waals surface area contributed by atoms with E-state index >= 15 is 0 Å². The number of benzene rings is 2. The van der Waals surface area contributed by atoms with Crippen LogP contribution in [-0.4, -0.2) is 29.2 Å². The van der Waals surface area contributed by atoms with E-state index in [2.05, 4.69) is 5.16 Å². The Kier molecular flexibility index (Phi) is 6.59. The molecule has 7 nitrogen and oxygen atoms in total. The van der Waals surface area contributed by atoms with E-state index in [1.165, 1.54) is 12.1 Å². The molecule has 0 aliphatic heterocycles. The van der Waals surface area contributed by atoms with Gasteiger partial charge in [0.1, 0.15) is 17.2 Å². The number of ether oxygens (including phenoxy) is 2. The number of nitrogens with zero attached hydrogens (tertiary/aromatic N) is 2. The zero-order valence-corrected chi connectivity index (χ0v) is 14.2. The van der Waals surface area contributed by atoms with Crippen LogP contribution in [0.1, 0.15) is 11.1 Å². The normalized spacial score (nSPS) is 12.1. The first-order valence-electron chi connectivity index (χ1n) is 7.27. The van der Waals surface area contributed by atoms with Crippen molar-refractivity contribution < 1.29 is 32.8 Å². The summed E-state index contributed by atoms with van der Waals surface area (Å²) in [7, 11) is 0. The molecule has 0 spiro atoms. The second-order valence-electron chi connectivity index (χ2n) is 5.10. The highest BCUT2D eigenvalue weighted by Gasteiger charge is 2.31. The van der Waals surface area contributed by atoms with Crippen LogP contribution in [0.3, 0.4) is 0 Å². The zero-order valence-electron chi connectivity index (χ0n) is 13.4. The summed E-state index contributed by atoms with van der Waals surface area (Å²) in [5.74, 6) is 0.0530. The summed E-state index contributed by atoms with van der Waals surface area (Å²) < 4.78 is 48.5. The summed E-state index contributed by atoms with van der Waals surface area (Å²) in [4.78, 5) is 9.60. The van der Waals surface area contributed by atoms with Crippen LogP contribution in [0.4, 0.5) is 13.2 Å². The summed E-state index contributed by atoms with van der Waals surface area (Å²) in [6.45, 7) is -1.19. The lowest BCUT2D eigenvalue weighted by Gasteiger charge is -2.14. The summed E-state index contributed by atoms with van der Waals surface area (Å²) in [5.41, 5.74) is -0.784. The van der Waals surface area contributed by atoms with E-state index in [1.807, 2.05) is 0 Å². The second-order valence-corrected chi connectivity index (χ2v) is 5.51. The average Bonchev–Trinajstić information content (AvgIpc) is 2.60. The van der Waals surface area contributed by atoms with Crippen LogP contribution in [0.25, 0.3) is 0 Å². The highest BCUT2D eigenvalue weighted by molar-refractivity contribution is 6.32. The molecule has 0 atom stereocenters. The molecule has 0 radical (unpaired) electrons. The van der Waals surface area contributed by atoms with Gasteiger partial charge in [-0.05, 0) is 30.3 Å². The third-order valence-electron chi connectivity index (χ3n) is 3.23. The van der Waals surface area contributed by atoms with E-state index in [0.29, 0.717) is 0 Å². The molecule has 2 rings (SSSR count). The first-order chi connectivity index (χ1) is 12.7. The number of hydrogen-bond donors (Lipinski definition) is 1. The smallest absolute Gasteiger partial charge is 0.416 e. The molecule has 0 fully saturated rings. The van der Waals surface area contributed by atoms with Crippen molar-refractivity contribution in [3.63, 3.8) is 0 Å². The highest BCUT2D eigenvalue weighted by atomic mass is 35.5. The van der Waals surface area contributed by atoms with Crippen molar-refractivity contribution in [1.82, 2.24) is 0 Å². The lowest BCUT2D eigenvalue weighted by atomic mass is 10.1. The van der Waals surface area contributed by atoms with Crippen LogP contribution in [0.5, 0.6) is 11.5 Å². The molecule has 0 saturated heterocycles. The van der Waals surface area contributed by atoms with Crippen molar-refractivity contribution in [3.8, 4) is 11.5 Å². The maximum Gasteiger partial charge on any atom is 0.416 e. The Morgan fingerprint density at radius 1 is 1.22 bits per heavy atom. The largest absolute Gasteiger partial charge is 0.455 e. The molecule has 0 unspecified atom stereocenters. The molecule has 0 heterocycles. The Morgan fingerprint density at radius 2 is 1.93 bits per heavy atom. The van der Waals surface area contributed by atoms with E-state index in [1.54, 1.807) is 12.1 Å². The fourth-order valence-electron chi connectivity index (χ4n) is 2.05. The van der Waals surface area contributed by atoms with Gasteiger partial charge in [0.25, 0.3) is 0 Å². The average molecular weight is 405 g/mol. The molecule has 0 aliphatic carbocycles. The number of oxime groups is 1. The quantitative estimate of drug-likeness (QED) is 0.240. The molecule has 144 valence electrons. The predicted octanol–water partition coefficient (Wildman–Crippen LogP) is 4.58. The van der Waals surface area contributed by atoms with Crippen molar-refractivity contribution >= 4 is 17.3 Å². The lowest BCUT2D eigenvalue weighted by Crippen LogP contribution is -2.15. The third kappa shape index (κ3) is 5.56. The summed E-state index contributed by atoms with van der Waals surface area (Å²) in [6.07, 6.45) is -4.55. The molecule has 27 heavy (non-hydrogen) atoms. The van der Waals surface area contributed by atoms with Crippen LogP contribution in [-0.2, 0) is 10.9 Å². The number of halogens is 4. The van der Waals surface area contributed by atoms with Crippen molar-refractivity contribution in [2.45, 2.75) is 6.18 Å². The predicted molar refractivity (Wildman–Crippen MR) is 89.1 cm³/mol. The number of hydrogen-bond acceptors (Lipinski definition) is 6. The number of rotatable bonds is 7. The maximum atomic E-state index is 12.7. The molecule has 0 aromatic heterocycles. The molecular weight excluding hydrogens is 393 g/mol. The van der Waals surface area contributed by atoms with Gasteiger partial charge in [0.15, 0.2) is 0 Å². The molecule has 0 saturated carbocycles. The Hall–Kier alpha value is -2.85. The van der Waals surface area contributed by atoms with Crippen molar-refractivity contribution in [2.75, 3.05) is 13.3 Å². The molecular formula is C16H12ClF3N2O5. The fraction of sp³-hybridized carbons (Fsp3) is 0.188. The SMILES string of the molecule is O=[N+]([O-])COC/C(=N\O)c1ccccc1Oc1ccc(C(F)(F)F)cc1Cl. The Labute approximate surface area is 155 Å². The van der Waals surface area contributed by atoms with Crippen LogP contribution >= 0.6 is 11.6 Å². The molecule has 0 amide bonds. The van der Waals surface area contributed by atoms with Crippen LogP contribution in [0.2, 0.25) is 5.02 Å². The van der Waals surface area contributed by atoms with Gasteiger partial charge in [-0.15, -0.1) is 0 Å². The molecule has 0 aliphatic rings. The zero-order chi connectivity index (χ0) is 20.0. The number of nitro groups is 1. The molecule has 0 bridgehead atoms. The summed E-state index contributed by atoms with van der Waals surface area (Å²) >= 11 is 5.87. The Bertz CT molecular complexity index is 858. The van der Waals surface area contributed by atoms with Crippen molar-refractivity contribution in [2.24, 2.45) is 5.16 Å². The monoisotopic (exact) mass is 404 g/mol. The topological polar surface area (TPSA) is 94.2 Å². The van der Waals surface area contributed by atoms with Crippen molar-refractivity contribution in [1.29, 1.82) is 0 Å². The van der Waals surface area contributed by atoms with Gasteiger partial charge >= 0.3 is 12.9 Å². The van der Waals surface area contributed by atoms with Gasteiger partial charge in [0.05, 0.1) is 17.2 Å². The number of para-hydroxylation sites is 1. The van der Waals surface area contributed by atoms with Gasteiger partial charge in [-0.25, -0.2) is 0 Å². The fourth-order valence-corrected chi connectivity index (χ4v) is 2.27. The third-order valence-corrected chi connectivity index (χ3v) is 3.53. The van der Waals surface area contributed by atoms with Gasteiger partial charge in [-0.3, -0.25) is 10.1 Å². The lowest BCUT2D eigenvalue weighted by molar-refractivity contribution is -0.524. The Morgan fingerprint density at radius 3 is 2.52 bits per heavy atom. The van der Waals surface area contributed by atoms with Gasteiger partial charge in [-0.2, -0.15) is 13.2 Å². The van der Waals surface area contributed by atoms with Gasteiger partial charge in [0.2, 0.25) is 0 Å². The standard InChI is InChI=1S/C16H12ClF3N2O5/c17-12-7-10(16(18,19)20)5-6-15(12)27-14-4-2-1-3-11(14)13(21-23)8-26-9-22(24)25/h1-7,23H,8-9H2/b21-13+. The second kappa shape index (κ2) is 8.69. The number of alkyl halides is 3. The molecule has 11 heteroatoms. The maximum absolute atomic E-state index is 12.7. The van der Waals surface area contributed by atoms with Crippen LogP contribution in [0, 0.1) is 10.1 Å². The van der Waals surface area contributed by atoms with E-state index in [0.717, 1.165) is 18.2 Å².